The standard InChI is InChI=1S/C27H36N6O3/c1-2-3-4-7-16-33-19-21(26(32-33)24-18-29-14-15-30-24)8-5-6-9-25(35)31-23(27(28)36)17-20-10-12-22(34)13-11-20/h10-15,18-19,23,34H,2-9,16-17H2,1H3,(H2,28,36)(H,31,35)/t23-/m0/s1. The summed E-state index contributed by atoms with van der Waals surface area (Å²) in [4.78, 5) is 32.9. The van der Waals surface area contributed by atoms with Crippen LogP contribution in [0.1, 0.15) is 63.0 Å². The molecular weight excluding hydrogens is 456 g/mol. The second-order valence-electron chi connectivity index (χ2n) is 9.02. The molecule has 0 saturated carbocycles. The van der Waals surface area contributed by atoms with Gasteiger partial charge in [0, 0.05) is 38.0 Å². The molecule has 3 rings (SSSR count). The molecule has 2 heterocycles. The number of aromatic hydroxyl groups is 1. The van der Waals surface area contributed by atoms with E-state index in [9.17, 15) is 14.7 Å². The number of amides is 2. The van der Waals surface area contributed by atoms with Gasteiger partial charge in [0.1, 0.15) is 23.2 Å². The number of carbonyl (C=O) groups is 2. The van der Waals surface area contributed by atoms with Crippen molar-refractivity contribution in [2.45, 2.75) is 77.3 Å². The monoisotopic (exact) mass is 492 g/mol. The lowest BCUT2D eigenvalue weighted by Crippen LogP contribution is -2.45. The second kappa shape index (κ2) is 14.0. The maximum atomic E-state index is 12.5. The lowest BCUT2D eigenvalue weighted by atomic mass is 10.0. The number of hydrogen-bond acceptors (Lipinski definition) is 6. The van der Waals surface area contributed by atoms with Crippen molar-refractivity contribution in [2.24, 2.45) is 5.73 Å². The predicted molar refractivity (Wildman–Crippen MR) is 138 cm³/mol. The third kappa shape index (κ3) is 8.48. The molecule has 1 atom stereocenters. The Hall–Kier alpha value is -3.75. The first kappa shape index (κ1) is 26.8. The highest BCUT2D eigenvalue weighted by molar-refractivity contribution is 5.86. The van der Waals surface area contributed by atoms with Crippen LogP contribution < -0.4 is 11.1 Å². The van der Waals surface area contributed by atoms with Crippen LogP contribution in [0.25, 0.3) is 11.4 Å². The lowest BCUT2D eigenvalue weighted by molar-refractivity contribution is -0.127. The number of hydrogen-bond donors (Lipinski definition) is 3. The smallest absolute Gasteiger partial charge is 0.240 e. The van der Waals surface area contributed by atoms with Gasteiger partial charge in [-0.15, -0.1) is 0 Å². The van der Waals surface area contributed by atoms with Gasteiger partial charge in [0.25, 0.3) is 0 Å². The minimum absolute atomic E-state index is 0.142. The maximum absolute atomic E-state index is 12.5. The summed E-state index contributed by atoms with van der Waals surface area (Å²) in [6.07, 6.45) is 14.6. The normalized spacial score (nSPS) is 11.8. The van der Waals surface area contributed by atoms with Crippen LogP contribution >= 0.6 is 0 Å². The van der Waals surface area contributed by atoms with Gasteiger partial charge in [-0.1, -0.05) is 38.3 Å². The summed E-state index contributed by atoms with van der Waals surface area (Å²) >= 11 is 0. The van der Waals surface area contributed by atoms with Crippen LogP contribution in [0.2, 0.25) is 0 Å². The fraction of sp³-hybridized carbons (Fsp3) is 0.444. The Kier molecular flexibility index (Phi) is 10.4. The highest BCUT2D eigenvalue weighted by Crippen LogP contribution is 2.22. The number of primary amides is 1. The molecule has 9 nitrogen and oxygen atoms in total. The number of phenolic OH excluding ortho intramolecular Hbond substituents is 1. The first-order valence-electron chi connectivity index (χ1n) is 12.7. The van der Waals surface area contributed by atoms with E-state index in [4.69, 9.17) is 10.8 Å². The number of aromatic nitrogens is 4. The van der Waals surface area contributed by atoms with Gasteiger partial charge in [-0.05, 0) is 48.9 Å². The molecule has 0 unspecified atom stereocenters. The zero-order valence-electron chi connectivity index (χ0n) is 20.9. The molecule has 1 aromatic carbocycles. The van der Waals surface area contributed by atoms with Gasteiger partial charge in [0.2, 0.25) is 11.8 Å². The number of phenols is 1. The van der Waals surface area contributed by atoms with Crippen LogP contribution in [-0.2, 0) is 29.0 Å². The summed E-state index contributed by atoms with van der Waals surface area (Å²) < 4.78 is 1.99. The average Bonchev–Trinajstić information content (AvgIpc) is 3.29. The number of nitrogens with one attached hydrogen (secondary N) is 1. The third-order valence-electron chi connectivity index (χ3n) is 6.04. The molecule has 0 fully saturated rings. The predicted octanol–water partition coefficient (Wildman–Crippen LogP) is 3.55. The van der Waals surface area contributed by atoms with E-state index in [2.05, 4.69) is 28.4 Å². The fourth-order valence-electron chi connectivity index (χ4n) is 4.06. The lowest BCUT2D eigenvalue weighted by Gasteiger charge is -2.15. The largest absolute Gasteiger partial charge is 0.508 e. The van der Waals surface area contributed by atoms with E-state index in [1.807, 2.05) is 4.68 Å². The molecule has 0 spiro atoms. The number of nitrogens with two attached hydrogens (primary N) is 1. The van der Waals surface area contributed by atoms with Crippen molar-refractivity contribution >= 4 is 11.8 Å². The summed E-state index contributed by atoms with van der Waals surface area (Å²) in [5.41, 5.74) is 8.98. The number of aryl methyl sites for hydroxylation is 2. The van der Waals surface area contributed by atoms with Gasteiger partial charge < -0.3 is 16.2 Å². The molecule has 4 N–H and O–H groups in total. The number of nitrogens with zero attached hydrogens (tertiary/aromatic N) is 4. The Bertz CT molecular complexity index is 1100. The molecule has 3 aromatic rings. The van der Waals surface area contributed by atoms with Crippen molar-refractivity contribution in [3.05, 3.63) is 60.2 Å². The summed E-state index contributed by atoms with van der Waals surface area (Å²) in [6, 6.07) is 5.69. The summed E-state index contributed by atoms with van der Waals surface area (Å²) in [5.74, 6) is -0.655. The molecular formula is C27H36N6O3. The van der Waals surface area contributed by atoms with E-state index in [1.165, 1.54) is 31.4 Å². The molecule has 0 aliphatic rings. The van der Waals surface area contributed by atoms with Gasteiger partial charge in [-0.2, -0.15) is 5.10 Å². The SMILES string of the molecule is CCCCCCn1cc(CCCCC(=O)N[C@@H](Cc2ccc(O)cc2)C(N)=O)c(-c2cnccn2)n1. The first-order valence-corrected chi connectivity index (χ1v) is 12.7. The first-order chi connectivity index (χ1) is 17.5. The van der Waals surface area contributed by atoms with Crippen molar-refractivity contribution in [3.63, 3.8) is 0 Å². The summed E-state index contributed by atoms with van der Waals surface area (Å²) in [7, 11) is 0. The maximum Gasteiger partial charge on any atom is 0.240 e. The van der Waals surface area contributed by atoms with Crippen molar-refractivity contribution < 1.29 is 14.7 Å². The number of unbranched alkanes of at least 4 members (excludes halogenated alkanes) is 4. The highest BCUT2D eigenvalue weighted by atomic mass is 16.3. The van der Waals surface area contributed by atoms with Gasteiger partial charge in [0.15, 0.2) is 0 Å². The molecule has 192 valence electrons. The molecule has 2 amide bonds. The average molecular weight is 493 g/mol. The van der Waals surface area contributed by atoms with Crippen LogP contribution in [0.5, 0.6) is 5.75 Å². The zero-order chi connectivity index (χ0) is 25.8. The van der Waals surface area contributed by atoms with Crippen LogP contribution in [0.4, 0.5) is 0 Å². The Morgan fingerprint density at radius 2 is 1.89 bits per heavy atom. The van der Waals surface area contributed by atoms with E-state index in [0.29, 0.717) is 12.8 Å². The van der Waals surface area contributed by atoms with Crippen molar-refractivity contribution in [1.29, 1.82) is 0 Å². The van der Waals surface area contributed by atoms with Gasteiger partial charge in [0.05, 0.1) is 6.20 Å². The molecule has 2 aromatic heterocycles. The third-order valence-corrected chi connectivity index (χ3v) is 6.04. The van der Waals surface area contributed by atoms with Crippen LogP contribution in [0, 0.1) is 0 Å². The Morgan fingerprint density at radius 1 is 1.08 bits per heavy atom. The minimum Gasteiger partial charge on any atom is -0.508 e. The van der Waals surface area contributed by atoms with Gasteiger partial charge in [-0.3, -0.25) is 24.2 Å². The second-order valence-corrected chi connectivity index (χ2v) is 9.02. The fourth-order valence-corrected chi connectivity index (χ4v) is 4.06. The van der Waals surface area contributed by atoms with Crippen molar-refractivity contribution in [1.82, 2.24) is 25.1 Å². The number of rotatable bonds is 15. The Balaban J connectivity index is 1.52. The molecule has 0 radical (unpaired) electrons. The molecule has 0 saturated heterocycles. The van der Waals surface area contributed by atoms with Crippen LogP contribution in [0.15, 0.2) is 49.1 Å². The van der Waals surface area contributed by atoms with E-state index in [0.717, 1.165) is 48.3 Å². The molecule has 0 bridgehead atoms. The zero-order valence-corrected chi connectivity index (χ0v) is 20.9. The quantitative estimate of drug-likeness (QED) is 0.278. The molecule has 36 heavy (non-hydrogen) atoms. The van der Waals surface area contributed by atoms with Gasteiger partial charge >= 0.3 is 0 Å². The topological polar surface area (TPSA) is 136 Å². The summed E-state index contributed by atoms with van der Waals surface area (Å²) in [6.45, 7) is 3.06. The summed E-state index contributed by atoms with van der Waals surface area (Å²) in [5, 5.41) is 16.9. The molecule has 9 heteroatoms. The Morgan fingerprint density at radius 3 is 2.58 bits per heavy atom. The Labute approximate surface area is 212 Å². The van der Waals surface area contributed by atoms with Crippen molar-refractivity contribution in [2.75, 3.05) is 0 Å². The van der Waals surface area contributed by atoms with Crippen LogP contribution in [-0.4, -0.2) is 42.7 Å². The van der Waals surface area contributed by atoms with E-state index < -0.39 is 11.9 Å². The van der Waals surface area contributed by atoms with E-state index in [1.54, 1.807) is 30.7 Å². The van der Waals surface area contributed by atoms with Gasteiger partial charge in [-0.25, -0.2) is 0 Å². The molecule has 0 aliphatic heterocycles. The number of benzene rings is 1. The van der Waals surface area contributed by atoms with E-state index in [-0.39, 0.29) is 18.1 Å². The molecule has 0 aliphatic carbocycles. The highest BCUT2D eigenvalue weighted by Gasteiger charge is 2.19. The van der Waals surface area contributed by atoms with Crippen molar-refractivity contribution in [3.8, 4) is 17.1 Å². The minimum atomic E-state index is -0.795. The van der Waals surface area contributed by atoms with E-state index >= 15 is 0 Å². The number of carbonyl (C=O) groups excluding carboxylic acids is 2. The van der Waals surface area contributed by atoms with Crippen LogP contribution in [0.3, 0.4) is 0 Å².